The first-order valence-corrected chi connectivity index (χ1v) is 7.53. The molecule has 0 unspecified atom stereocenters. The molecule has 6 nitrogen and oxygen atoms in total. The topological polar surface area (TPSA) is 80.8 Å². The summed E-state index contributed by atoms with van der Waals surface area (Å²) in [7, 11) is -2.86. The van der Waals surface area contributed by atoms with Gasteiger partial charge < -0.3 is 4.74 Å². The molecular formula is C13H15NO5S. The van der Waals surface area contributed by atoms with Crippen LogP contribution in [0.15, 0.2) is 29.2 Å². The minimum absolute atomic E-state index is 0.00717. The quantitative estimate of drug-likeness (QED) is 0.773. The average Bonchev–Trinajstić information content (AvgIpc) is 2.81. The van der Waals surface area contributed by atoms with Crippen molar-refractivity contribution in [2.75, 3.05) is 7.11 Å². The van der Waals surface area contributed by atoms with Crippen LogP contribution >= 0.6 is 0 Å². The van der Waals surface area contributed by atoms with Crippen molar-refractivity contribution in [2.24, 2.45) is 0 Å². The zero-order chi connectivity index (χ0) is 14.9. The molecule has 1 fully saturated rings. The minimum Gasteiger partial charge on any atom is -0.467 e. The standard InChI is InChI=1S/C13H15NO5S/c1-9-3-5-10(6-4-9)20(17,18)14-11(13(16)19-2)7-8-12(14)15/h3-6,11H,7-8H2,1-2H3/t11-/m1/s1. The van der Waals surface area contributed by atoms with Crippen LogP contribution in [0.1, 0.15) is 18.4 Å². The number of carbonyl (C=O) groups excluding carboxylic acids is 2. The molecule has 1 aromatic rings. The zero-order valence-corrected chi connectivity index (χ0v) is 12.0. The number of rotatable bonds is 3. The molecular weight excluding hydrogens is 282 g/mol. The predicted octanol–water partition coefficient (Wildman–Crippen LogP) is 0.848. The number of amides is 1. The maximum Gasteiger partial charge on any atom is 0.329 e. The molecule has 0 bridgehead atoms. The zero-order valence-electron chi connectivity index (χ0n) is 11.2. The summed E-state index contributed by atoms with van der Waals surface area (Å²) in [4.78, 5) is 23.4. The fourth-order valence-electron chi connectivity index (χ4n) is 2.14. The third-order valence-electron chi connectivity index (χ3n) is 3.21. The van der Waals surface area contributed by atoms with Gasteiger partial charge in [0.2, 0.25) is 5.91 Å². The number of methoxy groups -OCH3 is 1. The molecule has 0 spiro atoms. The number of esters is 1. The molecule has 1 atom stereocenters. The first-order valence-electron chi connectivity index (χ1n) is 6.09. The summed E-state index contributed by atoms with van der Waals surface area (Å²) >= 11 is 0. The molecule has 0 aromatic heterocycles. The Kier molecular flexibility index (Phi) is 3.80. The molecule has 0 radical (unpaired) electrons. The van der Waals surface area contributed by atoms with Crippen LogP contribution in [0.3, 0.4) is 0 Å². The SMILES string of the molecule is COC(=O)[C@H]1CCC(=O)N1S(=O)(=O)c1ccc(C)cc1. The van der Waals surface area contributed by atoms with E-state index in [4.69, 9.17) is 0 Å². The third kappa shape index (κ3) is 2.40. The normalized spacial score (nSPS) is 19.2. The van der Waals surface area contributed by atoms with Crippen LogP contribution < -0.4 is 0 Å². The lowest BCUT2D eigenvalue weighted by Crippen LogP contribution is -2.43. The molecule has 7 heteroatoms. The summed E-state index contributed by atoms with van der Waals surface area (Å²) in [6.45, 7) is 1.83. The van der Waals surface area contributed by atoms with E-state index in [2.05, 4.69) is 4.74 Å². The fourth-order valence-corrected chi connectivity index (χ4v) is 3.73. The Bertz CT molecular complexity index is 635. The number of carbonyl (C=O) groups is 2. The van der Waals surface area contributed by atoms with E-state index < -0.39 is 27.9 Å². The largest absolute Gasteiger partial charge is 0.467 e. The van der Waals surface area contributed by atoms with Crippen LogP contribution in [0.4, 0.5) is 0 Å². The molecule has 0 N–H and O–H groups in total. The first kappa shape index (κ1) is 14.5. The van der Waals surface area contributed by atoms with Gasteiger partial charge in [0.05, 0.1) is 12.0 Å². The van der Waals surface area contributed by atoms with Gasteiger partial charge in [-0.1, -0.05) is 17.7 Å². The first-order chi connectivity index (χ1) is 9.37. The highest BCUT2D eigenvalue weighted by Crippen LogP contribution is 2.27. The van der Waals surface area contributed by atoms with Crippen LogP contribution in [-0.2, 0) is 24.3 Å². The van der Waals surface area contributed by atoms with Gasteiger partial charge in [0.25, 0.3) is 10.0 Å². The Labute approximate surface area is 117 Å². The molecule has 0 aliphatic carbocycles. The van der Waals surface area contributed by atoms with E-state index in [9.17, 15) is 18.0 Å². The van der Waals surface area contributed by atoms with Gasteiger partial charge in [-0.2, -0.15) is 0 Å². The van der Waals surface area contributed by atoms with E-state index in [1.54, 1.807) is 12.1 Å². The molecule has 1 heterocycles. The lowest BCUT2D eigenvalue weighted by Gasteiger charge is -2.22. The summed E-state index contributed by atoms with van der Waals surface area (Å²) in [5, 5.41) is 0. The van der Waals surface area contributed by atoms with Crippen molar-refractivity contribution >= 4 is 21.9 Å². The van der Waals surface area contributed by atoms with Gasteiger partial charge in [-0.25, -0.2) is 17.5 Å². The Hall–Kier alpha value is -1.89. The number of aryl methyl sites for hydroxylation is 1. The molecule has 1 aliphatic rings. The molecule has 108 valence electrons. The molecule has 2 rings (SSSR count). The van der Waals surface area contributed by atoms with Gasteiger partial charge in [-0.3, -0.25) is 4.79 Å². The summed E-state index contributed by atoms with van der Waals surface area (Å²) < 4.78 is 30.2. The van der Waals surface area contributed by atoms with Crippen LogP contribution in [0.25, 0.3) is 0 Å². The molecule has 1 saturated heterocycles. The monoisotopic (exact) mass is 297 g/mol. The van der Waals surface area contributed by atoms with Gasteiger partial charge in [0.15, 0.2) is 0 Å². The molecule has 20 heavy (non-hydrogen) atoms. The van der Waals surface area contributed by atoms with Crippen LogP contribution in [-0.4, -0.2) is 37.8 Å². The third-order valence-corrected chi connectivity index (χ3v) is 5.06. The maximum atomic E-state index is 12.5. The van der Waals surface area contributed by atoms with Crippen LogP contribution in [0.5, 0.6) is 0 Å². The van der Waals surface area contributed by atoms with Gasteiger partial charge in [-0.15, -0.1) is 0 Å². The Morgan fingerprint density at radius 1 is 1.30 bits per heavy atom. The summed E-state index contributed by atoms with van der Waals surface area (Å²) in [5.74, 6) is -1.30. The molecule has 0 saturated carbocycles. The number of hydrogen-bond acceptors (Lipinski definition) is 5. The Balaban J connectivity index is 2.43. The Morgan fingerprint density at radius 2 is 1.90 bits per heavy atom. The van der Waals surface area contributed by atoms with Gasteiger partial charge in [0.1, 0.15) is 6.04 Å². The van der Waals surface area contributed by atoms with Crippen molar-refractivity contribution in [1.29, 1.82) is 0 Å². The van der Waals surface area contributed by atoms with Crippen molar-refractivity contribution in [1.82, 2.24) is 4.31 Å². The fraction of sp³-hybridized carbons (Fsp3) is 0.385. The van der Waals surface area contributed by atoms with E-state index in [1.807, 2.05) is 6.92 Å². The molecule has 1 aromatic carbocycles. The second-order valence-electron chi connectivity index (χ2n) is 4.59. The number of benzene rings is 1. The summed E-state index contributed by atoms with van der Waals surface area (Å²) in [5.41, 5.74) is 0.904. The van der Waals surface area contributed by atoms with Crippen LogP contribution in [0.2, 0.25) is 0 Å². The highest BCUT2D eigenvalue weighted by atomic mass is 32.2. The molecule has 1 amide bonds. The summed E-state index contributed by atoms with van der Waals surface area (Å²) in [6, 6.07) is 5.05. The van der Waals surface area contributed by atoms with E-state index in [0.29, 0.717) is 4.31 Å². The predicted molar refractivity (Wildman–Crippen MR) is 70.2 cm³/mol. The van der Waals surface area contributed by atoms with Crippen molar-refractivity contribution in [2.45, 2.75) is 30.7 Å². The van der Waals surface area contributed by atoms with Crippen molar-refractivity contribution in [3.05, 3.63) is 29.8 Å². The van der Waals surface area contributed by atoms with E-state index >= 15 is 0 Å². The molecule has 1 aliphatic heterocycles. The lowest BCUT2D eigenvalue weighted by molar-refractivity contribution is -0.146. The van der Waals surface area contributed by atoms with Gasteiger partial charge >= 0.3 is 5.97 Å². The number of sulfonamides is 1. The lowest BCUT2D eigenvalue weighted by atomic mass is 10.2. The second kappa shape index (κ2) is 5.24. The second-order valence-corrected chi connectivity index (χ2v) is 6.40. The maximum absolute atomic E-state index is 12.5. The highest BCUT2D eigenvalue weighted by Gasteiger charge is 2.44. The average molecular weight is 297 g/mol. The Morgan fingerprint density at radius 3 is 2.45 bits per heavy atom. The van der Waals surface area contributed by atoms with E-state index in [0.717, 1.165) is 5.56 Å². The number of nitrogens with zero attached hydrogens (tertiary/aromatic N) is 1. The minimum atomic E-state index is -4.03. The smallest absolute Gasteiger partial charge is 0.329 e. The van der Waals surface area contributed by atoms with Gasteiger partial charge in [-0.05, 0) is 25.5 Å². The number of ether oxygens (including phenoxy) is 1. The highest BCUT2D eigenvalue weighted by molar-refractivity contribution is 7.89. The van der Waals surface area contributed by atoms with Crippen molar-refractivity contribution in [3.8, 4) is 0 Å². The van der Waals surface area contributed by atoms with Crippen molar-refractivity contribution < 1.29 is 22.7 Å². The number of hydrogen-bond donors (Lipinski definition) is 0. The van der Waals surface area contributed by atoms with Crippen molar-refractivity contribution in [3.63, 3.8) is 0 Å². The van der Waals surface area contributed by atoms with E-state index in [1.165, 1.54) is 19.2 Å². The van der Waals surface area contributed by atoms with Crippen LogP contribution in [0, 0.1) is 6.92 Å². The van der Waals surface area contributed by atoms with E-state index in [-0.39, 0.29) is 17.7 Å². The summed E-state index contributed by atoms with van der Waals surface area (Å²) in [6.07, 6.45) is 0.168. The van der Waals surface area contributed by atoms with Gasteiger partial charge in [0, 0.05) is 6.42 Å².